The summed E-state index contributed by atoms with van der Waals surface area (Å²) < 4.78 is 6.13. The van der Waals surface area contributed by atoms with Crippen molar-refractivity contribution in [2.75, 3.05) is 13.7 Å². The molecule has 0 radical (unpaired) electrons. The molecular formula is C20H24BrNO2. The Kier molecular flexibility index (Phi) is 7.32. The predicted molar refractivity (Wildman–Crippen MR) is 101 cm³/mol. The number of halogens is 1. The number of hydrogen-bond donors (Lipinski definition) is 1. The lowest BCUT2D eigenvalue weighted by atomic mass is 9.96. The van der Waals surface area contributed by atoms with Gasteiger partial charge in [-0.15, -0.1) is 0 Å². The summed E-state index contributed by atoms with van der Waals surface area (Å²) in [4.78, 5) is 12.1. The Morgan fingerprint density at radius 2 is 1.96 bits per heavy atom. The third-order valence-electron chi connectivity index (χ3n) is 4.17. The lowest BCUT2D eigenvalue weighted by molar-refractivity contribution is -0.121. The third-order valence-corrected chi connectivity index (χ3v) is 4.79. The van der Waals surface area contributed by atoms with E-state index in [9.17, 15) is 4.79 Å². The maximum Gasteiger partial charge on any atom is 0.220 e. The largest absolute Gasteiger partial charge is 0.496 e. The Balaban J connectivity index is 1.82. The number of carbonyl (C=O) groups excluding carboxylic acids is 1. The van der Waals surface area contributed by atoms with Crippen LogP contribution in [0.25, 0.3) is 0 Å². The number of benzene rings is 2. The summed E-state index contributed by atoms with van der Waals surface area (Å²) >= 11 is 3.47. The van der Waals surface area contributed by atoms with Crippen molar-refractivity contribution in [3.8, 4) is 5.75 Å². The predicted octanol–water partition coefficient (Wildman–Crippen LogP) is 4.70. The van der Waals surface area contributed by atoms with Gasteiger partial charge in [0.25, 0.3) is 0 Å². The Morgan fingerprint density at radius 3 is 2.58 bits per heavy atom. The first kappa shape index (κ1) is 18.5. The van der Waals surface area contributed by atoms with E-state index in [4.69, 9.17) is 4.74 Å². The maximum atomic E-state index is 12.1. The van der Waals surface area contributed by atoms with Crippen molar-refractivity contribution in [2.45, 2.75) is 32.1 Å². The molecular weight excluding hydrogens is 366 g/mol. The SMILES string of the molecule is CCC(CNC(=O)CCc1ccc(OC)c(Br)c1)c1ccccc1. The molecule has 24 heavy (non-hydrogen) atoms. The highest BCUT2D eigenvalue weighted by atomic mass is 79.9. The number of aryl methyl sites for hydroxylation is 1. The second-order valence-electron chi connectivity index (χ2n) is 5.79. The van der Waals surface area contributed by atoms with Crippen LogP contribution in [0.4, 0.5) is 0 Å². The molecule has 0 saturated carbocycles. The first-order valence-electron chi connectivity index (χ1n) is 8.28. The average Bonchev–Trinajstić information content (AvgIpc) is 2.61. The third kappa shape index (κ3) is 5.38. The normalized spacial score (nSPS) is 11.8. The lowest BCUT2D eigenvalue weighted by Crippen LogP contribution is -2.28. The molecule has 0 spiro atoms. The van der Waals surface area contributed by atoms with Gasteiger partial charge in [0.1, 0.15) is 5.75 Å². The molecule has 3 nitrogen and oxygen atoms in total. The molecule has 0 fully saturated rings. The number of ether oxygens (including phenoxy) is 1. The monoisotopic (exact) mass is 389 g/mol. The number of amides is 1. The molecule has 1 amide bonds. The van der Waals surface area contributed by atoms with Crippen LogP contribution in [-0.4, -0.2) is 19.6 Å². The molecule has 0 aromatic heterocycles. The van der Waals surface area contributed by atoms with E-state index in [0.29, 0.717) is 18.9 Å². The van der Waals surface area contributed by atoms with Crippen molar-refractivity contribution >= 4 is 21.8 Å². The number of rotatable bonds is 8. The molecule has 1 atom stereocenters. The molecule has 1 N–H and O–H groups in total. The van der Waals surface area contributed by atoms with Crippen LogP contribution in [0.15, 0.2) is 53.0 Å². The molecule has 0 aliphatic carbocycles. The van der Waals surface area contributed by atoms with Crippen molar-refractivity contribution in [1.29, 1.82) is 0 Å². The highest BCUT2D eigenvalue weighted by Crippen LogP contribution is 2.26. The van der Waals surface area contributed by atoms with Crippen LogP contribution in [0.3, 0.4) is 0 Å². The van der Waals surface area contributed by atoms with Gasteiger partial charge in [-0.1, -0.05) is 43.3 Å². The molecule has 0 heterocycles. The molecule has 1 unspecified atom stereocenters. The van der Waals surface area contributed by atoms with E-state index in [1.165, 1.54) is 5.56 Å². The van der Waals surface area contributed by atoms with Crippen molar-refractivity contribution in [3.05, 3.63) is 64.1 Å². The second-order valence-corrected chi connectivity index (χ2v) is 6.64. The van der Waals surface area contributed by atoms with E-state index in [2.05, 4.69) is 40.3 Å². The Morgan fingerprint density at radius 1 is 1.21 bits per heavy atom. The van der Waals surface area contributed by atoms with Gasteiger partial charge in [0.2, 0.25) is 5.91 Å². The summed E-state index contributed by atoms with van der Waals surface area (Å²) in [5.41, 5.74) is 2.40. The van der Waals surface area contributed by atoms with Crippen LogP contribution >= 0.6 is 15.9 Å². The topological polar surface area (TPSA) is 38.3 Å². The Hall–Kier alpha value is -1.81. The number of hydrogen-bond acceptors (Lipinski definition) is 2. The van der Waals surface area contributed by atoms with Gasteiger partial charge in [-0.05, 0) is 52.0 Å². The van der Waals surface area contributed by atoms with Crippen molar-refractivity contribution in [3.63, 3.8) is 0 Å². The van der Waals surface area contributed by atoms with E-state index >= 15 is 0 Å². The average molecular weight is 390 g/mol. The lowest BCUT2D eigenvalue weighted by Gasteiger charge is -2.16. The summed E-state index contributed by atoms with van der Waals surface area (Å²) in [6.07, 6.45) is 2.22. The van der Waals surface area contributed by atoms with Crippen LogP contribution in [0.2, 0.25) is 0 Å². The molecule has 0 bridgehead atoms. The zero-order valence-corrected chi connectivity index (χ0v) is 15.8. The van der Waals surface area contributed by atoms with Crippen LogP contribution in [0, 0.1) is 0 Å². The summed E-state index contributed by atoms with van der Waals surface area (Å²) in [5, 5.41) is 3.06. The van der Waals surface area contributed by atoms with Gasteiger partial charge in [-0.3, -0.25) is 4.79 Å². The van der Waals surface area contributed by atoms with Gasteiger partial charge in [-0.2, -0.15) is 0 Å². The van der Waals surface area contributed by atoms with E-state index in [1.54, 1.807) is 7.11 Å². The summed E-state index contributed by atoms with van der Waals surface area (Å²) in [7, 11) is 1.64. The Bertz CT molecular complexity index is 658. The first-order valence-corrected chi connectivity index (χ1v) is 9.07. The smallest absolute Gasteiger partial charge is 0.220 e. The molecule has 2 aromatic rings. The zero-order chi connectivity index (χ0) is 17.4. The van der Waals surface area contributed by atoms with Gasteiger partial charge in [0, 0.05) is 18.9 Å². The Labute approximate surface area is 152 Å². The molecule has 128 valence electrons. The first-order chi connectivity index (χ1) is 11.6. The highest BCUT2D eigenvalue weighted by molar-refractivity contribution is 9.10. The summed E-state index contributed by atoms with van der Waals surface area (Å²) in [6.45, 7) is 2.84. The van der Waals surface area contributed by atoms with Gasteiger partial charge in [0.15, 0.2) is 0 Å². The fraction of sp³-hybridized carbons (Fsp3) is 0.350. The van der Waals surface area contributed by atoms with Crippen LogP contribution in [0.1, 0.15) is 36.8 Å². The van der Waals surface area contributed by atoms with E-state index in [-0.39, 0.29) is 5.91 Å². The second kappa shape index (κ2) is 9.48. The minimum Gasteiger partial charge on any atom is -0.496 e. The van der Waals surface area contributed by atoms with E-state index < -0.39 is 0 Å². The van der Waals surface area contributed by atoms with Gasteiger partial charge >= 0.3 is 0 Å². The van der Waals surface area contributed by atoms with Crippen molar-refractivity contribution < 1.29 is 9.53 Å². The number of carbonyl (C=O) groups is 1. The fourth-order valence-electron chi connectivity index (χ4n) is 2.67. The molecule has 0 saturated heterocycles. The maximum absolute atomic E-state index is 12.1. The van der Waals surface area contributed by atoms with E-state index in [0.717, 1.165) is 28.6 Å². The summed E-state index contributed by atoms with van der Waals surface area (Å²) in [6, 6.07) is 16.3. The van der Waals surface area contributed by atoms with E-state index in [1.807, 2.05) is 36.4 Å². The highest BCUT2D eigenvalue weighted by Gasteiger charge is 2.11. The van der Waals surface area contributed by atoms with Crippen LogP contribution in [0.5, 0.6) is 5.75 Å². The van der Waals surface area contributed by atoms with Gasteiger partial charge in [0.05, 0.1) is 11.6 Å². The molecule has 0 aliphatic rings. The minimum absolute atomic E-state index is 0.0938. The van der Waals surface area contributed by atoms with Crippen LogP contribution < -0.4 is 10.1 Å². The van der Waals surface area contributed by atoms with Crippen LogP contribution in [-0.2, 0) is 11.2 Å². The molecule has 2 aromatic carbocycles. The van der Waals surface area contributed by atoms with Gasteiger partial charge < -0.3 is 10.1 Å². The number of nitrogens with one attached hydrogen (secondary N) is 1. The zero-order valence-electron chi connectivity index (χ0n) is 14.2. The standard InChI is InChI=1S/C20H24BrNO2/c1-3-16(17-7-5-4-6-8-17)14-22-20(23)12-10-15-9-11-19(24-2)18(21)13-15/h4-9,11,13,16H,3,10,12,14H2,1-2H3,(H,22,23). The van der Waals surface area contributed by atoms with Crippen molar-refractivity contribution in [1.82, 2.24) is 5.32 Å². The van der Waals surface area contributed by atoms with Gasteiger partial charge in [-0.25, -0.2) is 0 Å². The summed E-state index contributed by atoms with van der Waals surface area (Å²) in [5.74, 6) is 1.26. The molecule has 2 rings (SSSR count). The number of methoxy groups -OCH3 is 1. The molecule has 4 heteroatoms. The van der Waals surface area contributed by atoms with Crippen molar-refractivity contribution in [2.24, 2.45) is 0 Å². The minimum atomic E-state index is 0.0938. The fourth-order valence-corrected chi connectivity index (χ4v) is 3.26. The quantitative estimate of drug-likeness (QED) is 0.710. The molecule has 0 aliphatic heterocycles.